The van der Waals surface area contributed by atoms with Crippen LogP contribution in [0.3, 0.4) is 0 Å². The third kappa shape index (κ3) is 4.36. The van der Waals surface area contributed by atoms with Gasteiger partial charge in [0.1, 0.15) is 10.8 Å². The first-order valence-electron chi connectivity index (χ1n) is 9.37. The first-order valence-corrected chi connectivity index (χ1v) is 10.2. The Kier molecular flexibility index (Phi) is 6.22. The first kappa shape index (κ1) is 19.5. The summed E-state index contributed by atoms with van der Waals surface area (Å²) in [5.74, 6) is 0.716. The predicted molar refractivity (Wildman–Crippen MR) is 117 cm³/mol. The lowest BCUT2D eigenvalue weighted by molar-refractivity contribution is 0.244. The standard InChI is InChI=1S/C22H25BN2OS/c1-4-17-15(10-11-23)6-5-7-18(17)21-13-25-22(27-21)16-8-9-20(19(24)12-16)26-14(2)3/h5-9,12-14H,4,10-11,24H2,1-3H3. The van der Waals surface area contributed by atoms with E-state index in [-0.39, 0.29) is 6.10 Å². The molecule has 0 bridgehead atoms. The van der Waals surface area contributed by atoms with E-state index >= 15 is 0 Å². The summed E-state index contributed by atoms with van der Waals surface area (Å²) >= 11 is 1.69. The van der Waals surface area contributed by atoms with Crippen LogP contribution in [0.4, 0.5) is 5.69 Å². The van der Waals surface area contributed by atoms with Crippen LogP contribution in [-0.4, -0.2) is 18.9 Å². The molecule has 0 saturated carbocycles. The molecular weight excluding hydrogens is 351 g/mol. The van der Waals surface area contributed by atoms with Crippen molar-refractivity contribution < 1.29 is 4.74 Å². The Bertz CT molecular complexity index is 920. The van der Waals surface area contributed by atoms with E-state index in [4.69, 9.17) is 18.3 Å². The summed E-state index contributed by atoms with van der Waals surface area (Å²) in [5, 5.41) is 0.957. The summed E-state index contributed by atoms with van der Waals surface area (Å²) < 4.78 is 5.72. The predicted octanol–water partition coefficient (Wildman–Crippen LogP) is 5.54. The number of aromatic nitrogens is 1. The number of nitrogen functional groups attached to an aromatic ring is 1. The monoisotopic (exact) mass is 376 g/mol. The quantitative estimate of drug-likeness (QED) is 0.435. The molecule has 3 aromatic rings. The van der Waals surface area contributed by atoms with Crippen LogP contribution in [0.2, 0.25) is 6.32 Å². The van der Waals surface area contributed by atoms with Gasteiger partial charge >= 0.3 is 0 Å². The molecule has 1 heterocycles. The number of benzene rings is 2. The number of nitrogens with zero attached hydrogens (tertiary/aromatic N) is 1. The third-order valence-electron chi connectivity index (χ3n) is 4.43. The fraction of sp³-hybridized carbons (Fsp3) is 0.318. The summed E-state index contributed by atoms with van der Waals surface area (Å²) in [6.07, 6.45) is 4.59. The molecule has 0 spiro atoms. The maximum absolute atomic E-state index is 6.16. The maximum atomic E-state index is 6.16. The lowest BCUT2D eigenvalue weighted by Crippen LogP contribution is -2.07. The Morgan fingerprint density at radius 1 is 1.22 bits per heavy atom. The molecule has 0 saturated heterocycles. The van der Waals surface area contributed by atoms with Gasteiger partial charge in [-0.2, -0.15) is 0 Å². The van der Waals surface area contributed by atoms with Crippen LogP contribution in [0.25, 0.3) is 21.0 Å². The van der Waals surface area contributed by atoms with Crippen molar-refractivity contribution in [2.75, 3.05) is 5.73 Å². The molecule has 0 aliphatic rings. The summed E-state index contributed by atoms with van der Waals surface area (Å²) in [6.45, 7) is 6.17. The SMILES string of the molecule is [B]CCc1cccc(-c2cnc(-c3ccc(OC(C)C)c(N)c3)s2)c1CC. The van der Waals surface area contributed by atoms with Crippen molar-refractivity contribution in [3.8, 4) is 26.8 Å². The van der Waals surface area contributed by atoms with Crippen LogP contribution in [0.1, 0.15) is 31.9 Å². The molecule has 1 aromatic heterocycles. The van der Waals surface area contributed by atoms with Crippen LogP contribution in [0, 0.1) is 0 Å². The average Bonchev–Trinajstić information content (AvgIpc) is 3.13. The van der Waals surface area contributed by atoms with Gasteiger partial charge in [-0.1, -0.05) is 31.4 Å². The van der Waals surface area contributed by atoms with Gasteiger partial charge in [0.05, 0.1) is 24.5 Å². The topological polar surface area (TPSA) is 48.1 Å². The van der Waals surface area contributed by atoms with Gasteiger partial charge in [0, 0.05) is 11.8 Å². The molecule has 0 fully saturated rings. The average molecular weight is 376 g/mol. The van der Waals surface area contributed by atoms with Crippen molar-refractivity contribution in [1.82, 2.24) is 4.98 Å². The van der Waals surface area contributed by atoms with Crippen molar-refractivity contribution in [3.05, 3.63) is 53.7 Å². The van der Waals surface area contributed by atoms with Gasteiger partial charge in [-0.05, 0) is 61.6 Å². The largest absolute Gasteiger partial charge is 0.489 e. The zero-order valence-corrected chi connectivity index (χ0v) is 17.0. The number of hydrogen-bond acceptors (Lipinski definition) is 4. The molecule has 0 aliphatic heterocycles. The molecule has 0 aliphatic carbocycles. The Morgan fingerprint density at radius 2 is 2.04 bits per heavy atom. The Balaban J connectivity index is 1.94. The Morgan fingerprint density at radius 3 is 2.70 bits per heavy atom. The van der Waals surface area contributed by atoms with Gasteiger partial charge in [-0.25, -0.2) is 4.98 Å². The highest BCUT2D eigenvalue weighted by atomic mass is 32.1. The molecule has 0 unspecified atom stereocenters. The lowest BCUT2D eigenvalue weighted by Gasteiger charge is -2.12. The molecule has 0 amide bonds. The molecular formula is C22H25BN2OS. The van der Waals surface area contributed by atoms with Crippen molar-refractivity contribution in [3.63, 3.8) is 0 Å². The van der Waals surface area contributed by atoms with Crippen LogP contribution in [0.5, 0.6) is 5.75 Å². The minimum Gasteiger partial charge on any atom is -0.489 e. The highest BCUT2D eigenvalue weighted by Gasteiger charge is 2.13. The first-order chi connectivity index (χ1) is 13.0. The van der Waals surface area contributed by atoms with E-state index in [0.29, 0.717) is 17.8 Å². The molecule has 27 heavy (non-hydrogen) atoms. The van der Waals surface area contributed by atoms with Crippen LogP contribution < -0.4 is 10.5 Å². The second-order valence-corrected chi connectivity index (χ2v) is 7.82. The molecule has 3 rings (SSSR count). The number of anilines is 1. The molecule has 2 N–H and O–H groups in total. The van der Waals surface area contributed by atoms with E-state index in [1.54, 1.807) is 11.3 Å². The Labute approximate surface area is 167 Å². The summed E-state index contributed by atoms with van der Waals surface area (Å²) in [5.41, 5.74) is 11.7. The molecule has 2 aromatic carbocycles. The highest BCUT2D eigenvalue weighted by molar-refractivity contribution is 7.18. The molecule has 138 valence electrons. The van der Waals surface area contributed by atoms with E-state index < -0.39 is 0 Å². The van der Waals surface area contributed by atoms with Gasteiger partial charge in [0.15, 0.2) is 0 Å². The van der Waals surface area contributed by atoms with E-state index in [1.165, 1.54) is 21.6 Å². The Hall–Kier alpha value is -2.27. The minimum atomic E-state index is 0.0953. The number of rotatable bonds is 7. The van der Waals surface area contributed by atoms with E-state index in [9.17, 15) is 0 Å². The zero-order chi connectivity index (χ0) is 19.4. The summed E-state index contributed by atoms with van der Waals surface area (Å²) in [7, 11) is 5.78. The van der Waals surface area contributed by atoms with Gasteiger partial charge in [-0.15, -0.1) is 11.3 Å². The van der Waals surface area contributed by atoms with Crippen molar-refractivity contribution in [2.45, 2.75) is 46.0 Å². The fourth-order valence-corrected chi connectivity index (χ4v) is 4.21. The van der Waals surface area contributed by atoms with E-state index in [1.807, 2.05) is 38.2 Å². The minimum absolute atomic E-state index is 0.0953. The van der Waals surface area contributed by atoms with Crippen LogP contribution in [-0.2, 0) is 12.8 Å². The lowest BCUT2D eigenvalue weighted by atomic mass is 9.91. The summed E-state index contributed by atoms with van der Waals surface area (Å²) in [6, 6.07) is 12.3. The smallest absolute Gasteiger partial charge is 0.142 e. The number of ether oxygens (including phenoxy) is 1. The highest BCUT2D eigenvalue weighted by Crippen LogP contribution is 2.37. The normalized spacial score (nSPS) is 11.1. The second-order valence-electron chi connectivity index (χ2n) is 6.78. The molecule has 0 atom stereocenters. The molecule has 5 heteroatoms. The van der Waals surface area contributed by atoms with Gasteiger partial charge < -0.3 is 10.5 Å². The summed E-state index contributed by atoms with van der Waals surface area (Å²) in [4.78, 5) is 5.81. The van der Waals surface area contributed by atoms with Gasteiger partial charge in [0.2, 0.25) is 0 Å². The molecule has 2 radical (unpaired) electrons. The number of hydrogen-bond donors (Lipinski definition) is 1. The third-order valence-corrected chi connectivity index (χ3v) is 5.51. The number of aryl methyl sites for hydroxylation is 1. The van der Waals surface area contributed by atoms with E-state index in [0.717, 1.165) is 23.4 Å². The van der Waals surface area contributed by atoms with Crippen molar-refractivity contribution in [2.24, 2.45) is 0 Å². The maximum Gasteiger partial charge on any atom is 0.142 e. The molecule has 3 nitrogen and oxygen atoms in total. The van der Waals surface area contributed by atoms with Crippen LogP contribution in [0.15, 0.2) is 42.6 Å². The fourth-order valence-electron chi connectivity index (χ4n) is 3.25. The van der Waals surface area contributed by atoms with Gasteiger partial charge in [0.25, 0.3) is 0 Å². The van der Waals surface area contributed by atoms with Gasteiger partial charge in [-0.3, -0.25) is 0 Å². The van der Waals surface area contributed by atoms with Crippen LogP contribution >= 0.6 is 11.3 Å². The number of thiazole rings is 1. The number of nitrogens with two attached hydrogens (primary N) is 1. The zero-order valence-electron chi connectivity index (χ0n) is 16.2. The van der Waals surface area contributed by atoms with E-state index in [2.05, 4.69) is 30.1 Å². The second kappa shape index (κ2) is 8.62. The van der Waals surface area contributed by atoms with Crippen molar-refractivity contribution in [1.29, 1.82) is 0 Å². The van der Waals surface area contributed by atoms with Crippen molar-refractivity contribution >= 4 is 24.9 Å².